The van der Waals surface area contributed by atoms with Crippen molar-refractivity contribution in [3.05, 3.63) is 45.4 Å². The van der Waals surface area contributed by atoms with Gasteiger partial charge in [-0.15, -0.1) is 11.3 Å². The predicted molar refractivity (Wildman–Crippen MR) is 189 cm³/mol. The van der Waals surface area contributed by atoms with Gasteiger partial charge in [0.15, 0.2) is 0 Å². The van der Waals surface area contributed by atoms with Gasteiger partial charge in [-0.1, -0.05) is 46.6 Å². The van der Waals surface area contributed by atoms with E-state index in [9.17, 15) is 39.6 Å². The van der Waals surface area contributed by atoms with Gasteiger partial charge in [-0.05, 0) is 74.4 Å². The Balaban J connectivity index is 1.46. The van der Waals surface area contributed by atoms with E-state index in [0.717, 1.165) is 42.7 Å². The number of likely N-dealkylation sites (tertiary alicyclic amines) is 1. The molecule has 0 bridgehead atoms. The number of hydrogen-bond donors (Lipinski definition) is 6. The number of phenolic OH excluding ortho intramolecular Hbond substituents is 1. The maximum atomic E-state index is 14.2. The molecule has 1 aromatic carbocycles. The van der Waals surface area contributed by atoms with Crippen LogP contribution in [0.25, 0.3) is 0 Å². The number of nitrogens with one attached hydrogen (secondary N) is 2. The van der Waals surface area contributed by atoms with Crippen LogP contribution < -0.4 is 10.6 Å². The second-order valence-electron chi connectivity index (χ2n) is 14.1. The fraction of sp³-hybridized carbons (Fsp3) is 0.639. The van der Waals surface area contributed by atoms with Crippen LogP contribution in [0.4, 0.5) is 0 Å². The first-order chi connectivity index (χ1) is 23.7. The average molecular weight is 716 g/mol. The van der Waals surface area contributed by atoms with Gasteiger partial charge in [0.2, 0.25) is 11.8 Å². The monoisotopic (exact) mass is 715 g/mol. The van der Waals surface area contributed by atoms with Crippen LogP contribution in [0.2, 0.25) is 0 Å². The molecule has 2 heterocycles. The molecule has 4 rings (SSSR count). The van der Waals surface area contributed by atoms with Gasteiger partial charge in [0.1, 0.15) is 28.6 Å². The van der Waals surface area contributed by atoms with Crippen molar-refractivity contribution in [1.82, 2.24) is 25.4 Å². The summed E-state index contributed by atoms with van der Waals surface area (Å²) in [6.07, 6.45) is 2.86. The van der Waals surface area contributed by atoms with Crippen molar-refractivity contribution in [2.24, 2.45) is 11.8 Å². The van der Waals surface area contributed by atoms with E-state index in [1.165, 1.54) is 17.5 Å². The van der Waals surface area contributed by atoms with Crippen LogP contribution in [0.1, 0.15) is 105 Å². The third-order valence-electron chi connectivity index (χ3n) is 10.3. The zero-order valence-corrected chi connectivity index (χ0v) is 30.5. The van der Waals surface area contributed by atoms with Crippen LogP contribution in [0.3, 0.4) is 0 Å². The van der Waals surface area contributed by atoms with Gasteiger partial charge >= 0.3 is 5.97 Å². The van der Waals surface area contributed by atoms with Crippen molar-refractivity contribution in [3.63, 3.8) is 0 Å². The van der Waals surface area contributed by atoms with Crippen LogP contribution in [0.5, 0.6) is 5.75 Å². The highest BCUT2D eigenvalue weighted by Gasteiger charge is 2.38. The molecule has 0 spiro atoms. The van der Waals surface area contributed by atoms with Gasteiger partial charge in [0.05, 0.1) is 18.6 Å². The first kappa shape index (κ1) is 39.2. The van der Waals surface area contributed by atoms with E-state index >= 15 is 0 Å². The number of carboxylic acids is 1. The lowest BCUT2D eigenvalue weighted by Crippen LogP contribution is -2.59. The summed E-state index contributed by atoms with van der Waals surface area (Å²) in [4.78, 5) is 60.9. The standard InChI is InChI=1S/C36H53N5O8S/c1-6-21(4)31(39-33(46)28-9-7-8-12-40(28)5)35(47)41(13-14-42)29(20(2)3)18-30(44)34-38-27(19-50-34)32(45)37-23-15-22-10-11-24(43)17-25(22)26(16-23)36(48)49/h10-11,17,19-21,23,26,28-31,42-44H,6-9,12-16,18H2,1-5H3,(H,37,45)(H,39,46)(H,48,49)/t21-,23-,26+,28+,29+,30+,31-/m0/s1. The van der Waals surface area contributed by atoms with Gasteiger partial charge in [-0.25, -0.2) is 4.98 Å². The minimum Gasteiger partial charge on any atom is -0.508 e. The number of phenols is 1. The van der Waals surface area contributed by atoms with Crippen molar-refractivity contribution < 1.29 is 39.6 Å². The number of piperidine rings is 1. The Morgan fingerprint density at radius 1 is 1.16 bits per heavy atom. The molecular formula is C36H53N5O8S. The molecule has 1 fully saturated rings. The number of likely N-dealkylation sites (N-methyl/N-ethyl adjacent to an activating group) is 1. The van der Waals surface area contributed by atoms with Crippen molar-refractivity contribution in [1.29, 1.82) is 0 Å². The Hall–Kier alpha value is -3.59. The summed E-state index contributed by atoms with van der Waals surface area (Å²) in [7, 11) is 1.92. The number of aliphatic carboxylic acids is 1. The minimum absolute atomic E-state index is 0.0144. The summed E-state index contributed by atoms with van der Waals surface area (Å²) < 4.78 is 0. The molecule has 2 aromatic rings. The number of thiazole rings is 1. The largest absolute Gasteiger partial charge is 0.508 e. The molecule has 2 aliphatic rings. The molecule has 0 saturated carbocycles. The van der Waals surface area contributed by atoms with E-state index in [4.69, 9.17) is 0 Å². The van der Waals surface area contributed by atoms with Crippen LogP contribution >= 0.6 is 11.3 Å². The average Bonchev–Trinajstić information content (AvgIpc) is 3.59. The first-order valence-corrected chi connectivity index (χ1v) is 18.5. The molecular weight excluding hydrogens is 662 g/mol. The van der Waals surface area contributed by atoms with Crippen LogP contribution in [0, 0.1) is 11.8 Å². The van der Waals surface area contributed by atoms with E-state index in [1.54, 1.807) is 11.0 Å². The van der Waals surface area contributed by atoms with E-state index in [0.29, 0.717) is 18.4 Å². The SMILES string of the molecule is CC[C@H](C)[C@H](NC(=O)[C@H]1CCCCN1C)C(=O)N(CCO)[C@H](C[C@@H](O)c1nc(C(=O)N[C@H]2Cc3ccc(O)cc3[C@H](C(=O)O)C2)cs1)C(C)C. The molecule has 14 heteroatoms. The van der Waals surface area contributed by atoms with E-state index in [-0.39, 0.29) is 72.1 Å². The lowest BCUT2D eigenvalue weighted by molar-refractivity contribution is -0.143. The zero-order chi connectivity index (χ0) is 36.7. The van der Waals surface area contributed by atoms with E-state index in [2.05, 4.69) is 15.6 Å². The summed E-state index contributed by atoms with van der Waals surface area (Å²) in [5.41, 5.74) is 1.36. The number of aromatic nitrogens is 1. The fourth-order valence-electron chi connectivity index (χ4n) is 7.15. The van der Waals surface area contributed by atoms with Crippen molar-refractivity contribution in [2.45, 2.75) is 109 Å². The minimum atomic E-state index is -1.12. The third kappa shape index (κ3) is 9.39. The number of nitrogens with zero attached hydrogens (tertiary/aromatic N) is 3. The molecule has 3 amide bonds. The number of fused-ring (bicyclic) bond motifs is 1. The molecule has 0 unspecified atom stereocenters. The number of aliphatic hydroxyl groups is 2. The molecule has 1 aliphatic carbocycles. The predicted octanol–water partition coefficient (Wildman–Crippen LogP) is 3.05. The smallest absolute Gasteiger partial charge is 0.311 e. The second kappa shape index (κ2) is 17.6. The number of carbonyl (C=O) groups is 4. The summed E-state index contributed by atoms with van der Waals surface area (Å²) in [6.45, 7) is 8.28. The molecule has 13 nitrogen and oxygen atoms in total. The van der Waals surface area contributed by atoms with Crippen LogP contribution in [0.15, 0.2) is 23.6 Å². The van der Waals surface area contributed by atoms with E-state index < -0.39 is 42.0 Å². The number of carboxylic acid groups (broad SMARTS) is 1. The van der Waals surface area contributed by atoms with Gasteiger partial charge in [-0.2, -0.15) is 0 Å². The number of aliphatic hydroxyl groups excluding tert-OH is 2. The Morgan fingerprint density at radius 3 is 2.54 bits per heavy atom. The highest BCUT2D eigenvalue weighted by atomic mass is 32.1. The van der Waals surface area contributed by atoms with Crippen molar-refractivity contribution in [2.75, 3.05) is 26.7 Å². The number of amides is 3. The second-order valence-corrected chi connectivity index (χ2v) is 15.0. The fourth-order valence-corrected chi connectivity index (χ4v) is 7.95. The Kier molecular flexibility index (Phi) is 13.8. The van der Waals surface area contributed by atoms with Gasteiger partial charge < -0.3 is 36.0 Å². The van der Waals surface area contributed by atoms with E-state index in [1.807, 2.05) is 39.6 Å². The lowest BCUT2D eigenvalue weighted by atomic mass is 9.80. The summed E-state index contributed by atoms with van der Waals surface area (Å²) in [5, 5.41) is 48.8. The highest BCUT2D eigenvalue weighted by molar-refractivity contribution is 7.09. The quantitative estimate of drug-likeness (QED) is 0.160. The molecule has 6 N–H and O–H groups in total. The maximum Gasteiger partial charge on any atom is 0.311 e. The summed E-state index contributed by atoms with van der Waals surface area (Å²) in [6, 6.07) is 2.51. The van der Waals surface area contributed by atoms with Crippen LogP contribution in [-0.2, 0) is 20.8 Å². The van der Waals surface area contributed by atoms with Gasteiger partial charge in [0, 0.05) is 30.4 Å². The number of rotatable bonds is 15. The lowest BCUT2D eigenvalue weighted by Gasteiger charge is -2.39. The number of hydrogen-bond acceptors (Lipinski definition) is 10. The number of aromatic hydroxyl groups is 1. The topological polar surface area (TPSA) is 193 Å². The molecule has 7 atom stereocenters. The number of benzene rings is 1. The molecule has 0 radical (unpaired) electrons. The molecule has 1 saturated heterocycles. The normalized spacial score (nSPS) is 21.8. The van der Waals surface area contributed by atoms with Gasteiger partial charge in [0.25, 0.3) is 5.91 Å². The summed E-state index contributed by atoms with van der Waals surface area (Å²) in [5.74, 6) is -3.23. The Labute approximate surface area is 298 Å². The summed E-state index contributed by atoms with van der Waals surface area (Å²) >= 11 is 1.11. The number of carbonyl (C=O) groups excluding carboxylic acids is 3. The highest BCUT2D eigenvalue weighted by Crippen LogP contribution is 2.35. The molecule has 1 aliphatic heterocycles. The van der Waals surface area contributed by atoms with Crippen LogP contribution in [-0.4, -0.2) is 110 Å². The van der Waals surface area contributed by atoms with Crippen molar-refractivity contribution in [3.8, 4) is 5.75 Å². The van der Waals surface area contributed by atoms with Gasteiger partial charge in [-0.3, -0.25) is 24.1 Å². The first-order valence-electron chi connectivity index (χ1n) is 17.7. The molecule has 50 heavy (non-hydrogen) atoms. The third-order valence-corrected chi connectivity index (χ3v) is 11.2. The Morgan fingerprint density at radius 2 is 1.90 bits per heavy atom. The zero-order valence-electron chi connectivity index (χ0n) is 29.7. The Bertz CT molecular complexity index is 1500. The molecule has 276 valence electrons. The maximum absolute atomic E-state index is 14.2. The molecule has 1 aromatic heterocycles. The van der Waals surface area contributed by atoms with Crippen molar-refractivity contribution >= 4 is 35.0 Å².